The summed E-state index contributed by atoms with van der Waals surface area (Å²) in [7, 11) is 1.67. The highest BCUT2D eigenvalue weighted by atomic mass is 32.1. The lowest BCUT2D eigenvalue weighted by molar-refractivity contribution is -0.141. The molecule has 104 valence electrons. The molecule has 1 aromatic rings. The van der Waals surface area contributed by atoms with Crippen LogP contribution in [0.2, 0.25) is 0 Å². The summed E-state index contributed by atoms with van der Waals surface area (Å²) >= 11 is 1.57. The number of carboxylic acid groups (broad SMARTS) is 1. The first-order valence-corrected chi connectivity index (χ1v) is 7.40. The van der Waals surface area contributed by atoms with E-state index in [4.69, 9.17) is 5.11 Å². The van der Waals surface area contributed by atoms with Gasteiger partial charge < -0.3 is 10.0 Å². The molecule has 1 N–H and O–H groups in total. The van der Waals surface area contributed by atoms with Gasteiger partial charge in [-0.3, -0.25) is 9.59 Å². The van der Waals surface area contributed by atoms with Crippen molar-refractivity contribution in [3.05, 3.63) is 21.4 Å². The molecular formula is C14H19NO3S. The van der Waals surface area contributed by atoms with E-state index < -0.39 is 11.9 Å². The number of carbonyl (C=O) groups excluding carboxylic acids is 1. The molecule has 1 aliphatic carbocycles. The predicted molar refractivity (Wildman–Crippen MR) is 74.7 cm³/mol. The maximum atomic E-state index is 12.3. The van der Waals surface area contributed by atoms with Crippen LogP contribution >= 0.6 is 11.3 Å². The summed E-state index contributed by atoms with van der Waals surface area (Å²) in [4.78, 5) is 26.7. The second kappa shape index (κ2) is 5.74. The van der Waals surface area contributed by atoms with Crippen LogP contribution in [-0.4, -0.2) is 35.5 Å². The van der Waals surface area contributed by atoms with Gasteiger partial charge in [-0.25, -0.2) is 0 Å². The highest BCUT2D eigenvalue weighted by Crippen LogP contribution is 2.30. The fourth-order valence-corrected chi connectivity index (χ4v) is 3.60. The third-order valence-corrected chi connectivity index (χ3v) is 4.75. The Morgan fingerprint density at radius 3 is 2.74 bits per heavy atom. The SMILES string of the molecule is CC(CN(C)C(=O)c1cc2c(s1)CCCC2)C(=O)O. The second-order valence-electron chi connectivity index (χ2n) is 5.19. The zero-order chi connectivity index (χ0) is 14.0. The lowest BCUT2D eigenvalue weighted by Gasteiger charge is -2.18. The Labute approximate surface area is 117 Å². The van der Waals surface area contributed by atoms with E-state index in [1.165, 1.54) is 28.2 Å². The van der Waals surface area contributed by atoms with Gasteiger partial charge in [-0.05, 0) is 37.3 Å². The number of aliphatic carboxylic acids is 1. The molecular weight excluding hydrogens is 262 g/mol. The third-order valence-electron chi connectivity index (χ3n) is 3.52. The van der Waals surface area contributed by atoms with Gasteiger partial charge in [-0.1, -0.05) is 6.92 Å². The third kappa shape index (κ3) is 3.15. The number of carbonyl (C=O) groups is 2. The molecule has 4 nitrogen and oxygen atoms in total. The molecule has 1 aliphatic rings. The topological polar surface area (TPSA) is 57.6 Å². The van der Waals surface area contributed by atoms with E-state index in [1.54, 1.807) is 25.3 Å². The maximum absolute atomic E-state index is 12.3. The summed E-state index contributed by atoms with van der Waals surface area (Å²) in [6.45, 7) is 1.86. The van der Waals surface area contributed by atoms with Crippen LogP contribution in [0, 0.1) is 5.92 Å². The van der Waals surface area contributed by atoms with Gasteiger partial charge >= 0.3 is 5.97 Å². The van der Waals surface area contributed by atoms with Crippen molar-refractivity contribution in [1.29, 1.82) is 0 Å². The van der Waals surface area contributed by atoms with Crippen molar-refractivity contribution < 1.29 is 14.7 Å². The van der Waals surface area contributed by atoms with Crippen molar-refractivity contribution in [2.75, 3.05) is 13.6 Å². The van der Waals surface area contributed by atoms with Crippen molar-refractivity contribution >= 4 is 23.2 Å². The van der Waals surface area contributed by atoms with Crippen molar-refractivity contribution in [2.24, 2.45) is 5.92 Å². The highest BCUT2D eigenvalue weighted by Gasteiger charge is 2.22. The summed E-state index contributed by atoms with van der Waals surface area (Å²) in [5, 5.41) is 8.88. The molecule has 19 heavy (non-hydrogen) atoms. The van der Waals surface area contributed by atoms with Gasteiger partial charge in [0.2, 0.25) is 0 Å². The van der Waals surface area contributed by atoms with Crippen molar-refractivity contribution in [2.45, 2.75) is 32.6 Å². The van der Waals surface area contributed by atoms with E-state index in [9.17, 15) is 9.59 Å². The molecule has 5 heteroatoms. The summed E-state index contributed by atoms with van der Waals surface area (Å²) in [6, 6.07) is 1.99. The van der Waals surface area contributed by atoms with Crippen LogP contribution in [0.1, 0.15) is 39.9 Å². The molecule has 0 saturated heterocycles. The molecule has 0 radical (unpaired) electrons. The maximum Gasteiger partial charge on any atom is 0.308 e. The molecule has 0 aromatic carbocycles. The molecule has 1 unspecified atom stereocenters. The Morgan fingerprint density at radius 1 is 1.42 bits per heavy atom. The Kier molecular flexibility index (Phi) is 4.24. The molecule has 0 aliphatic heterocycles. The molecule has 2 rings (SSSR count). The fourth-order valence-electron chi connectivity index (χ4n) is 2.36. The summed E-state index contributed by atoms with van der Waals surface area (Å²) in [5.74, 6) is -1.47. The van der Waals surface area contributed by atoms with E-state index in [0.717, 1.165) is 17.7 Å². The van der Waals surface area contributed by atoms with Gasteiger partial charge in [0.25, 0.3) is 5.91 Å². The van der Waals surface area contributed by atoms with Crippen LogP contribution in [0.4, 0.5) is 0 Å². The van der Waals surface area contributed by atoms with E-state index in [0.29, 0.717) is 0 Å². The lowest BCUT2D eigenvalue weighted by Crippen LogP contribution is -2.33. The van der Waals surface area contributed by atoms with Crippen LogP contribution in [-0.2, 0) is 17.6 Å². The fraction of sp³-hybridized carbons (Fsp3) is 0.571. The summed E-state index contributed by atoms with van der Waals surface area (Å²) in [6.07, 6.45) is 4.53. The zero-order valence-corrected chi connectivity index (χ0v) is 12.1. The average molecular weight is 281 g/mol. The minimum atomic E-state index is -0.870. The van der Waals surface area contributed by atoms with Crippen LogP contribution < -0.4 is 0 Å². The molecule has 0 spiro atoms. The Balaban J connectivity index is 2.06. The average Bonchev–Trinajstić information content (AvgIpc) is 2.81. The van der Waals surface area contributed by atoms with E-state index in [1.807, 2.05) is 6.07 Å². The molecule has 0 fully saturated rings. The van der Waals surface area contributed by atoms with Gasteiger partial charge in [0.05, 0.1) is 10.8 Å². The molecule has 1 aromatic heterocycles. The monoisotopic (exact) mass is 281 g/mol. The number of nitrogens with zero attached hydrogens (tertiary/aromatic N) is 1. The van der Waals surface area contributed by atoms with E-state index in [-0.39, 0.29) is 12.5 Å². The first kappa shape index (κ1) is 14.1. The standard InChI is InChI=1S/C14H19NO3S/c1-9(14(17)18)8-15(2)13(16)12-7-10-5-3-4-6-11(10)19-12/h7,9H,3-6,8H2,1-2H3,(H,17,18). The molecule has 1 atom stereocenters. The van der Waals surface area contributed by atoms with Crippen molar-refractivity contribution in [1.82, 2.24) is 4.90 Å². The van der Waals surface area contributed by atoms with Gasteiger partial charge in [0.1, 0.15) is 0 Å². The van der Waals surface area contributed by atoms with E-state index in [2.05, 4.69) is 0 Å². The number of hydrogen-bond acceptors (Lipinski definition) is 3. The molecule has 1 heterocycles. The van der Waals surface area contributed by atoms with Crippen LogP contribution in [0.5, 0.6) is 0 Å². The predicted octanol–water partition coefficient (Wildman–Crippen LogP) is 2.42. The number of amides is 1. The largest absolute Gasteiger partial charge is 0.481 e. The van der Waals surface area contributed by atoms with Gasteiger partial charge in [-0.15, -0.1) is 11.3 Å². The second-order valence-corrected chi connectivity index (χ2v) is 6.33. The number of thiophene rings is 1. The highest BCUT2D eigenvalue weighted by molar-refractivity contribution is 7.14. The van der Waals surface area contributed by atoms with Gasteiger partial charge in [-0.2, -0.15) is 0 Å². The summed E-state index contributed by atoms with van der Waals surface area (Å²) < 4.78 is 0. The van der Waals surface area contributed by atoms with Gasteiger partial charge in [0.15, 0.2) is 0 Å². The number of hydrogen-bond donors (Lipinski definition) is 1. The zero-order valence-electron chi connectivity index (χ0n) is 11.3. The molecule has 0 saturated carbocycles. The van der Waals surface area contributed by atoms with Gasteiger partial charge in [0, 0.05) is 18.5 Å². The van der Waals surface area contributed by atoms with Crippen LogP contribution in [0.3, 0.4) is 0 Å². The molecule has 0 bridgehead atoms. The van der Waals surface area contributed by atoms with E-state index >= 15 is 0 Å². The normalized spacial score (nSPS) is 15.7. The first-order valence-electron chi connectivity index (χ1n) is 6.59. The van der Waals surface area contributed by atoms with Crippen LogP contribution in [0.15, 0.2) is 6.07 Å². The van der Waals surface area contributed by atoms with Crippen molar-refractivity contribution in [3.63, 3.8) is 0 Å². The number of fused-ring (bicyclic) bond motifs is 1. The molecule has 1 amide bonds. The minimum Gasteiger partial charge on any atom is -0.481 e. The minimum absolute atomic E-state index is 0.0625. The van der Waals surface area contributed by atoms with Crippen molar-refractivity contribution in [3.8, 4) is 0 Å². The Hall–Kier alpha value is -1.36. The summed E-state index contributed by atoms with van der Waals surface area (Å²) in [5.41, 5.74) is 1.30. The Morgan fingerprint density at radius 2 is 2.11 bits per heavy atom. The first-order chi connectivity index (χ1) is 8.99. The number of carboxylic acids is 1. The Bertz CT molecular complexity index is 471. The smallest absolute Gasteiger partial charge is 0.308 e. The number of aryl methyl sites for hydroxylation is 2. The number of rotatable bonds is 4. The lowest BCUT2D eigenvalue weighted by atomic mass is 9.99. The van der Waals surface area contributed by atoms with Crippen LogP contribution in [0.25, 0.3) is 0 Å². The quantitative estimate of drug-likeness (QED) is 0.922.